The van der Waals surface area contributed by atoms with Crippen LogP contribution in [0.5, 0.6) is 5.75 Å². The monoisotopic (exact) mass is 453 g/mol. The van der Waals surface area contributed by atoms with Crippen molar-refractivity contribution >= 4 is 35.2 Å². The molecule has 3 amide bonds. The predicted molar refractivity (Wildman–Crippen MR) is 123 cm³/mol. The van der Waals surface area contributed by atoms with E-state index in [1.165, 1.54) is 11.8 Å². The van der Waals surface area contributed by atoms with Gasteiger partial charge in [0.2, 0.25) is 17.7 Å². The molecule has 1 atom stereocenters. The second-order valence-corrected chi connectivity index (χ2v) is 8.99. The SMILES string of the molecule is CCOc1ccccc1CNC(=O)C1CCN(C(=O)[C@@H]2Sc3ccccc3NC2=O)CC1. The van der Waals surface area contributed by atoms with E-state index >= 15 is 0 Å². The van der Waals surface area contributed by atoms with Crippen LogP contribution in [0, 0.1) is 5.92 Å². The van der Waals surface area contributed by atoms with E-state index in [0.717, 1.165) is 21.9 Å². The Labute approximate surface area is 191 Å². The third-order valence-electron chi connectivity index (χ3n) is 5.76. The Morgan fingerprint density at radius 2 is 1.84 bits per heavy atom. The van der Waals surface area contributed by atoms with Crippen molar-refractivity contribution < 1.29 is 19.1 Å². The molecule has 2 aliphatic heterocycles. The first-order valence-corrected chi connectivity index (χ1v) is 11.8. The summed E-state index contributed by atoms with van der Waals surface area (Å²) in [6, 6.07) is 15.1. The summed E-state index contributed by atoms with van der Waals surface area (Å²) in [5, 5.41) is 5.04. The molecule has 0 bridgehead atoms. The quantitative estimate of drug-likeness (QED) is 0.657. The first-order chi connectivity index (χ1) is 15.6. The Morgan fingerprint density at radius 1 is 1.12 bits per heavy atom. The molecule has 168 valence electrons. The fraction of sp³-hybridized carbons (Fsp3) is 0.375. The van der Waals surface area contributed by atoms with Crippen LogP contribution < -0.4 is 15.4 Å². The third-order valence-corrected chi connectivity index (χ3v) is 7.02. The fourth-order valence-corrected chi connectivity index (χ4v) is 5.09. The van der Waals surface area contributed by atoms with Gasteiger partial charge in [-0.05, 0) is 38.0 Å². The van der Waals surface area contributed by atoms with E-state index in [0.29, 0.717) is 39.1 Å². The largest absolute Gasteiger partial charge is 0.494 e. The average molecular weight is 454 g/mol. The molecule has 2 aromatic rings. The number of benzene rings is 2. The number of hydrogen-bond acceptors (Lipinski definition) is 5. The van der Waals surface area contributed by atoms with Crippen LogP contribution in [0.3, 0.4) is 0 Å². The number of piperidine rings is 1. The van der Waals surface area contributed by atoms with E-state index < -0.39 is 5.25 Å². The molecule has 0 saturated carbocycles. The van der Waals surface area contributed by atoms with Crippen molar-refractivity contribution in [3.8, 4) is 5.75 Å². The van der Waals surface area contributed by atoms with Gasteiger partial charge in [0.1, 0.15) is 5.75 Å². The molecule has 2 heterocycles. The van der Waals surface area contributed by atoms with Crippen molar-refractivity contribution in [3.05, 3.63) is 54.1 Å². The molecule has 2 aromatic carbocycles. The van der Waals surface area contributed by atoms with Crippen molar-refractivity contribution in [2.45, 2.75) is 36.5 Å². The highest BCUT2D eigenvalue weighted by atomic mass is 32.2. The maximum atomic E-state index is 13.0. The van der Waals surface area contributed by atoms with Gasteiger partial charge in [-0.25, -0.2) is 0 Å². The summed E-state index contributed by atoms with van der Waals surface area (Å²) in [6.07, 6.45) is 1.17. The van der Waals surface area contributed by atoms with E-state index in [2.05, 4.69) is 10.6 Å². The molecule has 1 fully saturated rings. The molecule has 0 spiro atoms. The lowest BCUT2D eigenvalue weighted by Crippen LogP contribution is -2.49. The summed E-state index contributed by atoms with van der Waals surface area (Å²) >= 11 is 1.29. The maximum absolute atomic E-state index is 13.0. The number of para-hydroxylation sites is 2. The van der Waals surface area contributed by atoms with Gasteiger partial charge >= 0.3 is 0 Å². The standard InChI is InChI=1S/C24H27N3O4S/c1-2-31-19-9-5-3-7-17(19)15-25-22(28)16-11-13-27(14-12-16)24(30)21-23(29)26-18-8-4-6-10-20(18)32-21/h3-10,16,21H,2,11-15H2,1H3,(H,25,28)(H,26,29)/t21-/m1/s1. The van der Waals surface area contributed by atoms with Crippen LogP contribution in [0.2, 0.25) is 0 Å². The minimum atomic E-state index is -0.787. The van der Waals surface area contributed by atoms with Crippen LogP contribution in [0.15, 0.2) is 53.4 Å². The number of likely N-dealkylation sites (tertiary alicyclic amines) is 1. The van der Waals surface area contributed by atoms with Gasteiger partial charge in [0, 0.05) is 36.0 Å². The number of fused-ring (bicyclic) bond motifs is 1. The molecule has 2 N–H and O–H groups in total. The Bertz CT molecular complexity index is 1000. The summed E-state index contributed by atoms with van der Waals surface area (Å²) in [5.74, 6) is 0.146. The number of thioether (sulfide) groups is 1. The van der Waals surface area contributed by atoms with E-state index in [-0.39, 0.29) is 23.6 Å². The number of rotatable bonds is 6. The molecular weight excluding hydrogens is 426 g/mol. The number of ether oxygens (including phenoxy) is 1. The number of carbonyl (C=O) groups excluding carboxylic acids is 3. The molecule has 0 radical (unpaired) electrons. The zero-order valence-electron chi connectivity index (χ0n) is 18.0. The Kier molecular flexibility index (Phi) is 6.99. The molecule has 8 heteroatoms. The third kappa shape index (κ3) is 4.91. The first-order valence-electron chi connectivity index (χ1n) is 10.9. The Balaban J connectivity index is 1.29. The number of nitrogens with zero attached hydrogens (tertiary/aromatic N) is 1. The summed E-state index contributed by atoms with van der Waals surface area (Å²) in [5.41, 5.74) is 1.68. The molecular formula is C24H27N3O4S. The lowest BCUT2D eigenvalue weighted by Gasteiger charge is -2.34. The predicted octanol–water partition coefficient (Wildman–Crippen LogP) is 3.05. The molecule has 1 saturated heterocycles. The fourth-order valence-electron chi connectivity index (χ4n) is 4.01. The lowest BCUT2D eigenvalue weighted by molar-refractivity contribution is -0.137. The van der Waals surface area contributed by atoms with Gasteiger partial charge < -0.3 is 20.3 Å². The molecule has 2 aliphatic rings. The van der Waals surface area contributed by atoms with Crippen molar-refractivity contribution in [3.63, 3.8) is 0 Å². The highest BCUT2D eigenvalue weighted by molar-refractivity contribution is 8.01. The second kappa shape index (κ2) is 10.1. The normalized spacial score (nSPS) is 18.5. The van der Waals surface area contributed by atoms with Gasteiger partial charge in [-0.1, -0.05) is 30.3 Å². The van der Waals surface area contributed by atoms with E-state index in [1.54, 1.807) is 4.90 Å². The van der Waals surface area contributed by atoms with Gasteiger partial charge in [0.15, 0.2) is 5.25 Å². The molecule has 7 nitrogen and oxygen atoms in total. The van der Waals surface area contributed by atoms with Crippen LogP contribution in [-0.4, -0.2) is 47.6 Å². The van der Waals surface area contributed by atoms with Gasteiger partial charge in [0.05, 0.1) is 12.3 Å². The topological polar surface area (TPSA) is 87.7 Å². The highest BCUT2D eigenvalue weighted by Gasteiger charge is 2.37. The zero-order valence-corrected chi connectivity index (χ0v) is 18.8. The Morgan fingerprint density at radius 3 is 2.62 bits per heavy atom. The number of nitrogens with one attached hydrogen (secondary N) is 2. The van der Waals surface area contributed by atoms with Crippen LogP contribution in [0.1, 0.15) is 25.3 Å². The van der Waals surface area contributed by atoms with Crippen molar-refractivity contribution in [1.82, 2.24) is 10.2 Å². The zero-order chi connectivity index (χ0) is 22.5. The number of amides is 3. The summed E-state index contributed by atoms with van der Waals surface area (Å²) in [6.45, 7) is 3.85. The van der Waals surface area contributed by atoms with Gasteiger partial charge in [-0.3, -0.25) is 14.4 Å². The highest BCUT2D eigenvalue weighted by Crippen LogP contribution is 2.36. The average Bonchev–Trinajstić information content (AvgIpc) is 2.82. The Hall–Kier alpha value is -3.00. The first kappa shape index (κ1) is 22.2. The van der Waals surface area contributed by atoms with E-state index in [1.807, 2.05) is 55.5 Å². The molecule has 0 aliphatic carbocycles. The minimum absolute atomic E-state index is 0.0119. The summed E-state index contributed by atoms with van der Waals surface area (Å²) < 4.78 is 5.61. The van der Waals surface area contributed by atoms with Crippen molar-refractivity contribution in [2.24, 2.45) is 5.92 Å². The van der Waals surface area contributed by atoms with E-state index in [9.17, 15) is 14.4 Å². The number of carbonyl (C=O) groups is 3. The molecule has 4 rings (SSSR count). The minimum Gasteiger partial charge on any atom is -0.494 e. The summed E-state index contributed by atoms with van der Waals surface area (Å²) in [7, 11) is 0. The van der Waals surface area contributed by atoms with Crippen molar-refractivity contribution in [2.75, 3.05) is 25.0 Å². The van der Waals surface area contributed by atoms with Crippen LogP contribution in [-0.2, 0) is 20.9 Å². The second-order valence-electron chi connectivity index (χ2n) is 7.84. The van der Waals surface area contributed by atoms with Crippen LogP contribution in [0.25, 0.3) is 0 Å². The number of hydrogen-bond donors (Lipinski definition) is 2. The maximum Gasteiger partial charge on any atom is 0.247 e. The summed E-state index contributed by atoms with van der Waals surface area (Å²) in [4.78, 5) is 40.7. The lowest BCUT2D eigenvalue weighted by atomic mass is 9.95. The molecule has 0 unspecified atom stereocenters. The molecule has 0 aromatic heterocycles. The molecule has 32 heavy (non-hydrogen) atoms. The van der Waals surface area contributed by atoms with Gasteiger partial charge in [-0.2, -0.15) is 0 Å². The van der Waals surface area contributed by atoms with E-state index in [4.69, 9.17) is 4.74 Å². The van der Waals surface area contributed by atoms with Crippen LogP contribution in [0.4, 0.5) is 5.69 Å². The van der Waals surface area contributed by atoms with Crippen molar-refractivity contribution in [1.29, 1.82) is 0 Å². The van der Waals surface area contributed by atoms with Crippen LogP contribution >= 0.6 is 11.8 Å². The van der Waals surface area contributed by atoms with Gasteiger partial charge in [0.25, 0.3) is 0 Å². The number of anilines is 1. The smallest absolute Gasteiger partial charge is 0.247 e. The van der Waals surface area contributed by atoms with Gasteiger partial charge in [-0.15, -0.1) is 11.8 Å².